The molecule has 0 spiro atoms. The molecule has 0 aliphatic rings. The molecule has 108 valence electrons. The van der Waals surface area contributed by atoms with Crippen molar-refractivity contribution in [3.8, 4) is 0 Å². The zero-order valence-electron chi connectivity index (χ0n) is 11.2. The topological polar surface area (TPSA) is 109 Å². The van der Waals surface area contributed by atoms with Crippen LogP contribution in [0, 0.1) is 0 Å². The van der Waals surface area contributed by atoms with Crippen molar-refractivity contribution in [2.75, 3.05) is 26.7 Å². The maximum atomic E-state index is 11.2. The number of amides is 1. The van der Waals surface area contributed by atoms with Crippen molar-refractivity contribution in [1.29, 1.82) is 0 Å². The Balaban J connectivity index is 2.24. The van der Waals surface area contributed by atoms with E-state index in [9.17, 15) is 4.79 Å². The molecule has 1 aromatic heterocycles. The summed E-state index contributed by atoms with van der Waals surface area (Å²) in [5.41, 5.74) is 2.23. The molecular weight excluding hydrogens is 248 g/mol. The van der Waals surface area contributed by atoms with Crippen LogP contribution in [0.15, 0.2) is 6.20 Å². The molecule has 0 aliphatic carbocycles. The molecule has 0 atom stereocenters. The van der Waals surface area contributed by atoms with Gasteiger partial charge in [0.1, 0.15) is 0 Å². The molecule has 1 heterocycles. The number of aromatic nitrogens is 3. The van der Waals surface area contributed by atoms with Crippen molar-refractivity contribution in [3.63, 3.8) is 0 Å². The summed E-state index contributed by atoms with van der Waals surface area (Å²) >= 11 is 0. The average Bonchev–Trinajstić information content (AvgIpc) is 2.89. The standard InChI is InChI=1S/C11H22N6O2/c1-16(5-3-2-4-8-18)6-7-17-9-10(14-15-17)11(19)13-12/h9,18H,2-8,12H2,1H3,(H,13,19). The summed E-state index contributed by atoms with van der Waals surface area (Å²) in [7, 11) is 2.03. The van der Waals surface area contributed by atoms with Crippen LogP contribution in [-0.2, 0) is 6.54 Å². The average molecular weight is 270 g/mol. The minimum Gasteiger partial charge on any atom is -0.396 e. The molecule has 1 rings (SSSR count). The third-order valence-electron chi connectivity index (χ3n) is 2.81. The Morgan fingerprint density at radius 2 is 2.26 bits per heavy atom. The number of hydrogen-bond donors (Lipinski definition) is 3. The van der Waals surface area contributed by atoms with E-state index in [-0.39, 0.29) is 12.3 Å². The van der Waals surface area contributed by atoms with E-state index in [1.165, 1.54) is 0 Å². The Hall–Kier alpha value is -1.51. The molecule has 0 fully saturated rings. The fraction of sp³-hybridized carbons (Fsp3) is 0.727. The fourth-order valence-corrected chi connectivity index (χ4v) is 1.64. The maximum Gasteiger partial charge on any atom is 0.287 e. The fourth-order valence-electron chi connectivity index (χ4n) is 1.64. The number of nitrogens with zero attached hydrogens (tertiary/aromatic N) is 4. The van der Waals surface area contributed by atoms with Crippen LogP contribution in [0.3, 0.4) is 0 Å². The summed E-state index contributed by atoms with van der Waals surface area (Å²) in [6.45, 7) is 2.73. The van der Waals surface area contributed by atoms with Crippen LogP contribution in [0.4, 0.5) is 0 Å². The van der Waals surface area contributed by atoms with E-state index in [0.29, 0.717) is 6.54 Å². The van der Waals surface area contributed by atoms with Crippen molar-refractivity contribution in [2.24, 2.45) is 5.84 Å². The van der Waals surface area contributed by atoms with Crippen LogP contribution in [0.1, 0.15) is 29.8 Å². The third kappa shape index (κ3) is 5.77. The molecule has 0 radical (unpaired) electrons. The second-order valence-corrected chi connectivity index (χ2v) is 4.43. The number of rotatable bonds is 9. The lowest BCUT2D eigenvalue weighted by Gasteiger charge is -2.15. The van der Waals surface area contributed by atoms with Gasteiger partial charge in [-0.25, -0.2) is 5.84 Å². The van der Waals surface area contributed by atoms with Gasteiger partial charge >= 0.3 is 0 Å². The number of aliphatic hydroxyl groups is 1. The van der Waals surface area contributed by atoms with Gasteiger partial charge in [0, 0.05) is 13.2 Å². The summed E-state index contributed by atoms with van der Waals surface area (Å²) < 4.78 is 1.62. The molecule has 19 heavy (non-hydrogen) atoms. The van der Waals surface area contributed by atoms with E-state index in [0.717, 1.165) is 32.4 Å². The molecule has 8 nitrogen and oxygen atoms in total. The number of nitrogens with one attached hydrogen (secondary N) is 1. The van der Waals surface area contributed by atoms with E-state index in [1.807, 2.05) is 12.5 Å². The van der Waals surface area contributed by atoms with Crippen molar-refractivity contribution >= 4 is 5.91 Å². The molecule has 0 saturated heterocycles. The van der Waals surface area contributed by atoms with Gasteiger partial charge in [0.25, 0.3) is 5.91 Å². The van der Waals surface area contributed by atoms with Gasteiger partial charge in [-0.05, 0) is 32.9 Å². The molecule has 1 amide bonds. The Morgan fingerprint density at radius 1 is 1.47 bits per heavy atom. The lowest BCUT2D eigenvalue weighted by atomic mass is 10.2. The van der Waals surface area contributed by atoms with Gasteiger partial charge in [0.15, 0.2) is 5.69 Å². The zero-order chi connectivity index (χ0) is 14.1. The molecule has 0 aromatic carbocycles. The number of carbonyl (C=O) groups excluding carboxylic acids is 1. The van der Waals surface area contributed by atoms with Crippen LogP contribution >= 0.6 is 0 Å². The highest BCUT2D eigenvalue weighted by atomic mass is 16.2. The number of unbranched alkanes of at least 4 members (excludes halogenated alkanes) is 2. The van der Waals surface area contributed by atoms with Crippen molar-refractivity contribution < 1.29 is 9.90 Å². The number of hydrazine groups is 1. The predicted molar refractivity (Wildman–Crippen MR) is 70.1 cm³/mol. The summed E-state index contributed by atoms with van der Waals surface area (Å²) in [4.78, 5) is 13.4. The number of aliphatic hydroxyl groups excluding tert-OH is 1. The highest BCUT2D eigenvalue weighted by Gasteiger charge is 2.08. The minimum atomic E-state index is -0.441. The second-order valence-electron chi connectivity index (χ2n) is 4.43. The van der Waals surface area contributed by atoms with Gasteiger partial charge in [-0.15, -0.1) is 5.10 Å². The molecule has 0 unspecified atom stereocenters. The number of likely N-dealkylation sites (N-methyl/N-ethyl adjacent to an activating group) is 1. The van der Waals surface area contributed by atoms with E-state index >= 15 is 0 Å². The SMILES string of the molecule is CN(CCCCCO)CCn1cc(C(=O)NN)nn1. The van der Waals surface area contributed by atoms with E-state index in [1.54, 1.807) is 10.9 Å². The van der Waals surface area contributed by atoms with Gasteiger partial charge in [0.2, 0.25) is 0 Å². The van der Waals surface area contributed by atoms with E-state index < -0.39 is 5.91 Å². The summed E-state index contributed by atoms with van der Waals surface area (Å²) in [6, 6.07) is 0. The first-order valence-corrected chi connectivity index (χ1v) is 6.38. The molecule has 0 bridgehead atoms. The number of hydrogen-bond acceptors (Lipinski definition) is 6. The first kappa shape index (κ1) is 15.5. The zero-order valence-corrected chi connectivity index (χ0v) is 11.2. The Kier molecular flexibility index (Phi) is 7.01. The first-order valence-electron chi connectivity index (χ1n) is 6.38. The van der Waals surface area contributed by atoms with Gasteiger partial charge < -0.3 is 10.0 Å². The van der Waals surface area contributed by atoms with Gasteiger partial charge in [0.05, 0.1) is 12.7 Å². The lowest BCUT2D eigenvalue weighted by Crippen LogP contribution is -2.30. The summed E-state index contributed by atoms with van der Waals surface area (Å²) in [6.07, 6.45) is 4.52. The lowest BCUT2D eigenvalue weighted by molar-refractivity contribution is 0.0948. The molecule has 0 saturated carbocycles. The van der Waals surface area contributed by atoms with Crippen LogP contribution in [0.25, 0.3) is 0 Å². The number of carbonyl (C=O) groups is 1. The van der Waals surface area contributed by atoms with Crippen LogP contribution in [0.5, 0.6) is 0 Å². The van der Waals surface area contributed by atoms with Gasteiger partial charge in [-0.3, -0.25) is 14.9 Å². The quantitative estimate of drug-likeness (QED) is 0.229. The highest BCUT2D eigenvalue weighted by molar-refractivity contribution is 5.91. The number of nitrogen functional groups attached to an aromatic ring is 1. The summed E-state index contributed by atoms with van der Waals surface area (Å²) in [5, 5.41) is 16.3. The molecular formula is C11H22N6O2. The molecule has 1 aromatic rings. The van der Waals surface area contributed by atoms with Crippen LogP contribution in [0.2, 0.25) is 0 Å². The van der Waals surface area contributed by atoms with Gasteiger partial charge in [-0.2, -0.15) is 0 Å². The Bertz CT molecular complexity index is 381. The van der Waals surface area contributed by atoms with E-state index in [4.69, 9.17) is 10.9 Å². The second kappa shape index (κ2) is 8.57. The Morgan fingerprint density at radius 3 is 2.95 bits per heavy atom. The van der Waals surface area contributed by atoms with Crippen LogP contribution < -0.4 is 11.3 Å². The third-order valence-corrected chi connectivity index (χ3v) is 2.81. The minimum absolute atomic E-state index is 0.216. The molecule has 8 heteroatoms. The highest BCUT2D eigenvalue weighted by Crippen LogP contribution is 1.98. The van der Waals surface area contributed by atoms with E-state index in [2.05, 4.69) is 15.2 Å². The smallest absolute Gasteiger partial charge is 0.287 e. The molecule has 4 N–H and O–H groups in total. The number of nitrogens with two attached hydrogens (primary N) is 1. The maximum absolute atomic E-state index is 11.2. The Labute approximate surface area is 112 Å². The van der Waals surface area contributed by atoms with Crippen molar-refractivity contribution in [2.45, 2.75) is 25.8 Å². The monoisotopic (exact) mass is 270 g/mol. The predicted octanol–water partition coefficient (Wildman–Crippen LogP) is -1.02. The van der Waals surface area contributed by atoms with Crippen molar-refractivity contribution in [3.05, 3.63) is 11.9 Å². The normalized spacial score (nSPS) is 10.9. The molecule has 0 aliphatic heterocycles. The largest absolute Gasteiger partial charge is 0.396 e. The van der Waals surface area contributed by atoms with Crippen LogP contribution in [-0.4, -0.2) is 57.7 Å². The first-order chi connectivity index (χ1) is 9.17. The van der Waals surface area contributed by atoms with Gasteiger partial charge in [-0.1, -0.05) is 5.21 Å². The summed E-state index contributed by atoms with van der Waals surface area (Å²) in [5.74, 6) is 4.57. The van der Waals surface area contributed by atoms with Crippen molar-refractivity contribution in [1.82, 2.24) is 25.3 Å².